The summed E-state index contributed by atoms with van der Waals surface area (Å²) in [5.74, 6) is 0.487. The van der Waals surface area contributed by atoms with Gasteiger partial charge in [0.15, 0.2) is 4.96 Å². The summed E-state index contributed by atoms with van der Waals surface area (Å²) in [5, 5.41) is 11.2. The molecule has 4 heterocycles. The maximum atomic E-state index is 12.7. The molecule has 0 aliphatic carbocycles. The minimum atomic E-state index is -0.318. The highest BCUT2D eigenvalue weighted by Crippen LogP contribution is 2.35. The molecule has 0 bridgehead atoms. The molecule has 0 saturated carbocycles. The number of anilines is 5. The quantitative estimate of drug-likeness (QED) is 0.180. The lowest BCUT2D eigenvalue weighted by Crippen LogP contribution is -2.36. The van der Waals surface area contributed by atoms with Gasteiger partial charge in [0.1, 0.15) is 5.69 Å². The number of rotatable bonds is 7. The molecular weight excluding hydrogens is 572 g/mol. The molecule has 1 fully saturated rings. The second kappa shape index (κ2) is 12.2. The Morgan fingerprint density at radius 3 is 2.48 bits per heavy atom. The lowest BCUT2D eigenvalue weighted by molar-refractivity contribution is 0.122. The zero-order valence-corrected chi connectivity index (χ0v) is 24.8. The minimum absolute atomic E-state index is 0.318. The minimum Gasteiger partial charge on any atom is -0.378 e. The molecule has 1 saturated heterocycles. The van der Waals surface area contributed by atoms with Gasteiger partial charge in [-0.25, -0.2) is 19.7 Å². The number of nitrogens with zero attached hydrogens (tertiary/aromatic N) is 5. The number of ether oxygens (including phenoxy) is 1. The van der Waals surface area contributed by atoms with E-state index in [1.165, 1.54) is 5.69 Å². The Balaban J connectivity index is 1.13. The average molecular weight is 603 g/mol. The summed E-state index contributed by atoms with van der Waals surface area (Å²) >= 11 is 1.55. The molecule has 0 radical (unpaired) electrons. The van der Waals surface area contributed by atoms with Gasteiger partial charge in [0.2, 0.25) is 5.95 Å². The summed E-state index contributed by atoms with van der Waals surface area (Å²) < 4.78 is 7.51. The summed E-state index contributed by atoms with van der Waals surface area (Å²) in [6.07, 6.45) is 3.73. The number of thiazole rings is 1. The summed E-state index contributed by atoms with van der Waals surface area (Å²) in [6, 6.07) is 25.2. The number of amides is 2. The first-order chi connectivity index (χ1) is 21.6. The van der Waals surface area contributed by atoms with Gasteiger partial charge >= 0.3 is 6.03 Å². The Hall–Kier alpha value is -5.26. The molecule has 11 heteroatoms. The third-order valence-corrected chi connectivity index (χ3v) is 8.12. The van der Waals surface area contributed by atoms with Crippen molar-refractivity contribution in [2.24, 2.45) is 0 Å². The summed E-state index contributed by atoms with van der Waals surface area (Å²) in [5.41, 5.74) is 7.76. The number of carbonyl (C=O) groups excluding carboxylic acids is 1. The lowest BCUT2D eigenvalue weighted by atomic mass is 10.1. The predicted octanol–water partition coefficient (Wildman–Crippen LogP) is 7.05. The van der Waals surface area contributed by atoms with Gasteiger partial charge in [0, 0.05) is 59.2 Å². The van der Waals surface area contributed by atoms with Crippen LogP contribution in [-0.4, -0.2) is 51.7 Å². The maximum absolute atomic E-state index is 12.7. The van der Waals surface area contributed by atoms with E-state index >= 15 is 0 Å². The summed E-state index contributed by atoms with van der Waals surface area (Å²) in [7, 11) is 0. The highest BCUT2D eigenvalue weighted by atomic mass is 32.1. The average Bonchev–Trinajstić information content (AvgIpc) is 3.65. The molecule has 1 aliphatic heterocycles. The van der Waals surface area contributed by atoms with Crippen LogP contribution in [0.1, 0.15) is 5.56 Å². The normalized spacial score (nSPS) is 13.2. The summed E-state index contributed by atoms with van der Waals surface area (Å²) in [6.45, 7) is 5.29. The molecule has 7 rings (SSSR count). The Kier molecular flexibility index (Phi) is 7.61. The molecule has 3 aromatic heterocycles. The Morgan fingerprint density at radius 1 is 0.886 bits per heavy atom. The van der Waals surface area contributed by atoms with E-state index in [1.807, 2.05) is 89.6 Å². The SMILES string of the molecule is Cc1ccc(NC(=O)Nc2cccc(-c3nc4sccn4c3-c3ccnc(Nc4ccc(N5CCOCC5)cc4)n3)c2)cc1. The Bertz CT molecular complexity index is 1910. The van der Waals surface area contributed by atoms with Crippen molar-refractivity contribution in [1.29, 1.82) is 0 Å². The van der Waals surface area contributed by atoms with Crippen molar-refractivity contribution >= 4 is 51.0 Å². The topological polar surface area (TPSA) is 109 Å². The van der Waals surface area contributed by atoms with Crippen LogP contribution < -0.4 is 20.9 Å². The van der Waals surface area contributed by atoms with Crippen LogP contribution in [-0.2, 0) is 4.74 Å². The fourth-order valence-corrected chi connectivity index (χ4v) is 5.88. The van der Waals surface area contributed by atoms with Gasteiger partial charge in [0.05, 0.1) is 24.6 Å². The molecule has 2 amide bonds. The number of carbonyl (C=O) groups is 1. The molecule has 0 atom stereocenters. The fourth-order valence-electron chi connectivity index (χ4n) is 5.16. The number of imidazole rings is 1. The van der Waals surface area contributed by atoms with Gasteiger partial charge in [0.25, 0.3) is 0 Å². The first-order valence-electron chi connectivity index (χ1n) is 14.3. The zero-order valence-electron chi connectivity index (χ0n) is 24.0. The van der Waals surface area contributed by atoms with E-state index in [4.69, 9.17) is 14.7 Å². The number of fused-ring (bicyclic) bond motifs is 1. The molecule has 1 aliphatic rings. The standard InChI is InChI=1S/C33H30N8O2S/c1-22-5-7-25(8-6-22)36-32(42)37-26-4-2-3-23(21-26)29-30(41-17-20-44-33(41)39-29)28-13-14-34-31(38-28)35-24-9-11-27(12-10-24)40-15-18-43-19-16-40/h2-14,17,20-21H,15-16,18-19H2,1H3,(H,34,35,38)(H2,36,37,42). The highest BCUT2D eigenvalue weighted by molar-refractivity contribution is 7.15. The molecule has 10 nitrogen and oxygen atoms in total. The smallest absolute Gasteiger partial charge is 0.323 e. The van der Waals surface area contributed by atoms with E-state index in [0.717, 1.165) is 70.8 Å². The number of urea groups is 1. The number of morpholine rings is 1. The van der Waals surface area contributed by atoms with E-state index in [2.05, 4.69) is 38.0 Å². The molecule has 0 spiro atoms. The monoisotopic (exact) mass is 602 g/mol. The predicted molar refractivity (Wildman–Crippen MR) is 176 cm³/mol. The van der Waals surface area contributed by atoms with Gasteiger partial charge in [-0.15, -0.1) is 11.3 Å². The van der Waals surface area contributed by atoms with Crippen LogP contribution in [0.15, 0.2) is 96.6 Å². The second-order valence-electron chi connectivity index (χ2n) is 10.4. The number of aryl methyl sites for hydroxylation is 1. The van der Waals surface area contributed by atoms with Crippen molar-refractivity contribution in [3.8, 4) is 22.6 Å². The molecule has 6 aromatic rings. The van der Waals surface area contributed by atoms with Crippen LogP contribution in [0.5, 0.6) is 0 Å². The van der Waals surface area contributed by atoms with E-state index in [9.17, 15) is 4.79 Å². The highest BCUT2D eigenvalue weighted by Gasteiger charge is 2.19. The van der Waals surface area contributed by atoms with E-state index < -0.39 is 0 Å². The summed E-state index contributed by atoms with van der Waals surface area (Å²) in [4.78, 5) is 30.2. The molecule has 3 aromatic carbocycles. The van der Waals surface area contributed by atoms with Crippen molar-refractivity contribution in [3.05, 3.63) is 102 Å². The molecule has 220 valence electrons. The molecule has 0 unspecified atom stereocenters. The third-order valence-electron chi connectivity index (χ3n) is 7.36. The van der Waals surface area contributed by atoms with Crippen LogP contribution in [0.4, 0.5) is 33.5 Å². The van der Waals surface area contributed by atoms with Crippen LogP contribution in [0.25, 0.3) is 27.6 Å². The van der Waals surface area contributed by atoms with Crippen molar-refractivity contribution in [2.75, 3.05) is 47.2 Å². The van der Waals surface area contributed by atoms with Gasteiger partial charge in [-0.05, 0) is 61.5 Å². The van der Waals surface area contributed by atoms with Crippen LogP contribution in [0.2, 0.25) is 0 Å². The second-order valence-corrected chi connectivity index (χ2v) is 11.3. The molecule has 3 N–H and O–H groups in total. The number of hydrogen-bond donors (Lipinski definition) is 3. The lowest BCUT2D eigenvalue weighted by Gasteiger charge is -2.28. The van der Waals surface area contributed by atoms with Crippen LogP contribution in [0, 0.1) is 6.92 Å². The maximum Gasteiger partial charge on any atom is 0.323 e. The largest absolute Gasteiger partial charge is 0.378 e. The first kappa shape index (κ1) is 27.6. The van der Waals surface area contributed by atoms with Gasteiger partial charge < -0.3 is 25.6 Å². The van der Waals surface area contributed by atoms with Crippen LogP contribution in [0.3, 0.4) is 0 Å². The van der Waals surface area contributed by atoms with Crippen molar-refractivity contribution in [2.45, 2.75) is 6.92 Å². The van der Waals surface area contributed by atoms with Gasteiger partial charge in [-0.2, -0.15) is 0 Å². The van der Waals surface area contributed by atoms with E-state index in [1.54, 1.807) is 17.5 Å². The van der Waals surface area contributed by atoms with Gasteiger partial charge in [-0.1, -0.05) is 29.8 Å². The Morgan fingerprint density at radius 2 is 1.66 bits per heavy atom. The molecular formula is C33H30N8O2S. The first-order valence-corrected chi connectivity index (χ1v) is 15.2. The fraction of sp³-hybridized carbons (Fsp3) is 0.152. The van der Waals surface area contributed by atoms with E-state index in [0.29, 0.717) is 11.6 Å². The van der Waals surface area contributed by atoms with Crippen molar-refractivity contribution in [1.82, 2.24) is 19.4 Å². The van der Waals surface area contributed by atoms with E-state index in [-0.39, 0.29) is 6.03 Å². The number of aromatic nitrogens is 4. The molecule has 44 heavy (non-hydrogen) atoms. The van der Waals surface area contributed by atoms with Gasteiger partial charge in [-0.3, -0.25) is 4.40 Å². The number of benzene rings is 3. The van der Waals surface area contributed by atoms with Crippen LogP contribution >= 0.6 is 11.3 Å². The van der Waals surface area contributed by atoms with Crippen molar-refractivity contribution < 1.29 is 9.53 Å². The number of nitrogens with one attached hydrogen (secondary N) is 3. The van der Waals surface area contributed by atoms with Crippen molar-refractivity contribution in [3.63, 3.8) is 0 Å². The zero-order chi connectivity index (χ0) is 29.9. The Labute approximate surface area is 258 Å². The number of hydrogen-bond acceptors (Lipinski definition) is 8. The third kappa shape index (κ3) is 5.96.